The second-order valence-corrected chi connectivity index (χ2v) is 5.17. The summed E-state index contributed by atoms with van der Waals surface area (Å²) in [4.78, 5) is 4.58. The Morgan fingerprint density at radius 2 is 2.06 bits per heavy atom. The minimum atomic E-state index is -0.429. The van der Waals surface area contributed by atoms with Gasteiger partial charge in [-0.05, 0) is 25.7 Å². The molecule has 2 rings (SSSR count). The summed E-state index contributed by atoms with van der Waals surface area (Å²) in [6.07, 6.45) is 4.93. The molecule has 1 saturated carbocycles. The van der Waals surface area contributed by atoms with Crippen molar-refractivity contribution < 1.29 is 9.26 Å². The van der Waals surface area contributed by atoms with Crippen molar-refractivity contribution in [3.05, 3.63) is 11.7 Å². The van der Waals surface area contributed by atoms with Gasteiger partial charge in [-0.3, -0.25) is 0 Å². The van der Waals surface area contributed by atoms with E-state index >= 15 is 0 Å². The normalized spacial score (nSPS) is 18.7. The molecular formula is C13H23N3O2. The summed E-state index contributed by atoms with van der Waals surface area (Å²) in [7, 11) is 1.70. The van der Waals surface area contributed by atoms with Crippen molar-refractivity contribution in [3.63, 3.8) is 0 Å². The predicted octanol–water partition coefficient (Wildman–Crippen LogP) is 2.11. The van der Waals surface area contributed by atoms with E-state index in [1.165, 1.54) is 6.42 Å². The molecule has 0 atom stereocenters. The van der Waals surface area contributed by atoms with Crippen LogP contribution in [0.25, 0.3) is 0 Å². The lowest BCUT2D eigenvalue weighted by Crippen LogP contribution is -2.42. The van der Waals surface area contributed by atoms with Crippen LogP contribution in [0.15, 0.2) is 4.52 Å². The van der Waals surface area contributed by atoms with Gasteiger partial charge in [0.2, 0.25) is 11.7 Å². The van der Waals surface area contributed by atoms with Crippen molar-refractivity contribution >= 4 is 0 Å². The number of hydrogen-bond acceptors (Lipinski definition) is 5. The Bertz CT molecular complexity index is 381. The van der Waals surface area contributed by atoms with Gasteiger partial charge in [-0.25, -0.2) is 0 Å². The van der Waals surface area contributed by atoms with Gasteiger partial charge in [0.15, 0.2) is 0 Å². The molecule has 0 aliphatic heterocycles. The Hall–Kier alpha value is -0.940. The van der Waals surface area contributed by atoms with Crippen LogP contribution < -0.4 is 5.73 Å². The largest absolute Gasteiger partial charge is 0.370 e. The molecule has 1 aliphatic carbocycles. The fourth-order valence-corrected chi connectivity index (χ4v) is 2.68. The average Bonchev–Trinajstić information content (AvgIpc) is 2.82. The van der Waals surface area contributed by atoms with E-state index in [1.54, 1.807) is 7.11 Å². The van der Waals surface area contributed by atoms with Crippen LogP contribution in [0.5, 0.6) is 0 Å². The zero-order valence-corrected chi connectivity index (χ0v) is 11.5. The molecule has 1 aromatic rings. The molecule has 0 unspecified atom stereocenters. The average molecular weight is 253 g/mol. The molecule has 102 valence electrons. The molecule has 0 bridgehead atoms. The van der Waals surface area contributed by atoms with Crippen molar-refractivity contribution in [2.24, 2.45) is 5.73 Å². The van der Waals surface area contributed by atoms with Crippen molar-refractivity contribution in [3.8, 4) is 0 Å². The molecule has 0 saturated heterocycles. The Morgan fingerprint density at radius 1 is 1.39 bits per heavy atom. The zero-order chi connectivity index (χ0) is 13.2. The first kappa shape index (κ1) is 13.5. The Morgan fingerprint density at radius 3 is 2.44 bits per heavy atom. The molecule has 0 radical (unpaired) electrons. The van der Waals surface area contributed by atoms with Gasteiger partial charge in [0, 0.05) is 13.7 Å². The number of hydrogen-bond donors (Lipinski definition) is 1. The SMILES string of the molecule is CCC(CC)(OC)c1noc(C2(CN)CCC2)n1. The van der Waals surface area contributed by atoms with Gasteiger partial charge in [0.1, 0.15) is 5.60 Å². The fourth-order valence-electron chi connectivity index (χ4n) is 2.68. The van der Waals surface area contributed by atoms with Crippen LogP contribution in [0.4, 0.5) is 0 Å². The topological polar surface area (TPSA) is 74.2 Å². The summed E-state index contributed by atoms with van der Waals surface area (Å²) in [5.41, 5.74) is 5.35. The lowest BCUT2D eigenvalue weighted by molar-refractivity contribution is -0.0306. The summed E-state index contributed by atoms with van der Waals surface area (Å²) in [6.45, 7) is 4.73. The van der Waals surface area contributed by atoms with Crippen LogP contribution >= 0.6 is 0 Å². The molecule has 1 fully saturated rings. The highest BCUT2D eigenvalue weighted by Gasteiger charge is 2.44. The standard InChI is InChI=1S/C13H23N3O2/c1-4-13(5-2,17-3)10-15-11(18-16-10)12(9-14)7-6-8-12/h4-9,14H2,1-3H3. The van der Waals surface area contributed by atoms with Gasteiger partial charge in [0.25, 0.3) is 0 Å². The zero-order valence-electron chi connectivity index (χ0n) is 11.5. The summed E-state index contributed by atoms with van der Waals surface area (Å²) in [5.74, 6) is 1.35. The van der Waals surface area contributed by atoms with Gasteiger partial charge in [-0.2, -0.15) is 4.98 Å². The number of methoxy groups -OCH3 is 1. The quantitative estimate of drug-likeness (QED) is 0.840. The summed E-state index contributed by atoms with van der Waals surface area (Å²) in [6, 6.07) is 0. The van der Waals surface area contributed by atoms with Crippen molar-refractivity contribution in [2.75, 3.05) is 13.7 Å². The first-order valence-electron chi connectivity index (χ1n) is 6.76. The third-order valence-electron chi connectivity index (χ3n) is 4.52. The number of rotatable bonds is 6. The molecule has 1 heterocycles. The lowest BCUT2D eigenvalue weighted by Gasteiger charge is -2.37. The van der Waals surface area contributed by atoms with Crippen molar-refractivity contribution in [2.45, 2.75) is 57.0 Å². The van der Waals surface area contributed by atoms with E-state index in [4.69, 9.17) is 15.0 Å². The molecule has 0 amide bonds. The molecule has 1 aliphatic rings. The van der Waals surface area contributed by atoms with Crippen LogP contribution in [0.2, 0.25) is 0 Å². The summed E-state index contributed by atoms with van der Waals surface area (Å²) < 4.78 is 11.1. The maximum atomic E-state index is 5.86. The number of ether oxygens (including phenoxy) is 1. The highest BCUT2D eigenvalue weighted by atomic mass is 16.5. The van der Waals surface area contributed by atoms with Gasteiger partial charge in [-0.15, -0.1) is 0 Å². The van der Waals surface area contributed by atoms with E-state index in [0.29, 0.717) is 18.3 Å². The molecule has 5 nitrogen and oxygen atoms in total. The molecule has 5 heteroatoms. The van der Waals surface area contributed by atoms with Gasteiger partial charge >= 0.3 is 0 Å². The highest BCUT2D eigenvalue weighted by molar-refractivity contribution is 5.13. The van der Waals surface area contributed by atoms with Crippen LogP contribution in [-0.2, 0) is 15.8 Å². The summed E-state index contributed by atoms with van der Waals surface area (Å²) >= 11 is 0. The first-order chi connectivity index (χ1) is 8.66. The monoisotopic (exact) mass is 253 g/mol. The van der Waals surface area contributed by atoms with Gasteiger partial charge < -0.3 is 15.0 Å². The van der Waals surface area contributed by atoms with Gasteiger partial charge in [0.05, 0.1) is 5.41 Å². The molecular weight excluding hydrogens is 230 g/mol. The van der Waals surface area contributed by atoms with Crippen molar-refractivity contribution in [1.29, 1.82) is 0 Å². The fraction of sp³-hybridized carbons (Fsp3) is 0.846. The number of aromatic nitrogens is 2. The van der Waals surface area contributed by atoms with Crippen LogP contribution in [0.3, 0.4) is 0 Å². The Balaban J connectivity index is 2.29. The molecule has 2 N–H and O–H groups in total. The van der Waals surface area contributed by atoms with Crippen LogP contribution in [0, 0.1) is 0 Å². The van der Waals surface area contributed by atoms with E-state index in [9.17, 15) is 0 Å². The van der Waals surface area contributed by atoms with E-state index < -0.39 is 5.60 Å². The number of nitrogens with zero attached hydrogens (tertiary/aromatic N) is 2. The molecule has 1 aromatic heterocycles. The maximum Gasteiger partial charge on any atom is 0.234 e. The van der Waals surface area contributed by atoms with Crippen molar-refractivity contribution in [1.82, 2.24) is 10.1 Å². The van der Waals surface area contributed by atoms with E-state index in [1.807, 2.05) is 0 Å². The van der Waals surface area contributed by atoms with E-state index in [-0.39, 0.29) is 5.41 Å². The lowest BCUT2D eigenvalue weighted by atomic mass is 9.69. The molecule has 18 heavy (non-hydrogen) atoms. The van der Waals surface area contributed by atoms with E-state index in [2.05, 4.69) is 24.0 Å². The van der Waals surface area contributed by atoms with Crippen LogP contribution in [-0.4, -0.2) is 23.8 Å². The Kier molecular flexibility index (Phi) is 3.73. The summed E-state index contributed by atoms with van der Waals surface area (Å²) in [5, 5.41) is 4.13. The minimum Gasteiger partial charge on any atom is -0.370 e. The third-order valence-corrected chi connectivity index (χ3v) is 4.52. The smallest absolute Gasteiger partial charge is 0.234 e. The maximum absolute atomic E-state index is 5.86. The predicted molar refractivity (Wildman–Crippen MR) is 68.2 cm³/mol. The third kappa shape index (κ3) is 1.86. The van der Waals surface area contributed by atoms with Gasteiger partial charge in [-0.1, -0.05) is 25.4 Å². The van der Waals surface area contributed by atoms with Crippen LogP contribution in [0.1, 0.15) is 57.7 Å². The second kappa shape index (κ2) is 4.97. The van der Waals surface area contributed by atoms with E-state index in [0.717, 1.165) is 25.7 Å². The Labute approximate surface area is 108 Å². The minimum absolute atomic E-state index is 0.0772. The highest BCUT2D eigenvalue weighted by Crippen LogP contribution is 2.43. The molecule has 0 spiro atoms. The number of nitrogens with two attached hydrogens (primary N) is 1. The first-order valence-corrected chi connectivity index (χ1v) is 6.76. The molecule has 0 aromatic carbocycles. The second-order valence-electron chi connectivity index (χ2n) is 5.17.